The minimum absolute atomic E-state index is 0.198. The zero-order chi connectivity index (χ0) is 23.0. The number of nitrogens with zero attached hydrogens (tertiary/aromatic N) is 2. The van der Waals surface area contributed by atoms with E-state index in [1.165, 1.54) is 6.07 Å². The summed E-state index contributed by atoms with van der Waals surface area (Å²) in [7, 11) is 0. The van der Waals surface area contributed by atoms with Gasteiger partial charge in [-0.3, -0.25) is 4.79 Å². The van der Waals surface area contributed by atoms with Gasteiger partial charge in [-0.15, -0.1) is 13.2 Å². The molecular weight excluding hydrogens is 459 g/mol. The smallest absolute Gasteiger partial charge is 0.404 e. The molecule has 13 heteroatoms. The molecule has 0 bridgehead atoms. The zero-order valence-electron chi connectivity index (χ0n) is 14.9. The molecule has 0 aliphatic heterocycles. The van der Waals surface area contributed by atoms with E-state index in [-0.39, 0.29) is 11.4 Å². The van der Waals surface area contributed by atoms with Crippen molar-refractivity contribution in [1.82, 2.24) is 9.78 Å². The molecule has 5 nitrogen and oxygen atoms in total. The molecule has 3 rings (SSSR count). The maximum atomic E-state index is 13.6. The van der Waals surface area contributed by atoms with Crippen molar-refractivity contribution in [1.29, 1.82) is 0 Å². The van der Waals surface area contributed by atoms with Gasteiger partial charge in [-0.25, -0.2) is 9.07 Å². The number of hydrogen-bond acceptors (Lipinski definition) is 3. The molecule has 1 heterocycles. The van der Waals surface area contributed by atoms with Crippen LogP contribution in [0.3, 0.4) is 0 Å². The number of hydrogen-bond donors (Lipinski definition) is 1. The molecule has 0 atom stereocenters. The Morgan fingerprint density at radius 1 is 1.06 bits per heavy atom. The second kappa shape index (κ2) is 8.10. The van der Waals surface area contributed by atoms with Crippen LogP contribution in [0, 0.1) is 5.82 Å². The lowest BCUT2D eigenvalue weighted by molar-refractivity contribution is -0.274. The lowest BCUT2D eigenvalue weighted by Gasteiger charge is -2.14. The quantitative estimate of drug-likeness (QED) is 0.491. The number of halogens is 8. The molecule has 3 aromatic rings. The van der Waals surface area contributed by atoms with E-state index in [0.29, 0.717) is 10.9 Å². The van der Waals surface area contributed by atoms with Crippen LogP contribution >= 0.6 is 11.6 Å². The number of rotatable bonds is 4. The van der Waals surface area contributed by atoms with Gasteiger partial charge in [0.15, 0.2) is 5.69 Å². The highest BCUT2D eigenvalue weighted by atomic mass is 35.5. The molecule has 0 saturated heterocycles. The fourth-order valence-electron chi connectivity index (χ4n) is 2.58. The van der Waals surface area contributed by atoms with Crippen molar-refractivity contribution in [2.45, 2.75) is 12.5 Å². The summed E-state index contributed by atoms with van der Waals surface area (Å²) < 4.78 is 95.2. The van der Waals surface area contributed by atoms with Gasteiger partial charge in [-0.1, -0.05) is 17.7 Å². The average molecular weight is 468 g/mol. The highest BCUT2D eigenvalue weighted by Gasteiger charge is 2.40. The molecule has 0 aliphatic carbocycles. The van der Waals surface area contributed by atoms with Gasteiger partial charge in [0.2, 0.25) is 0 Å². The van der Waals surface area contributed by atoms with Crippen LogP contribution in [0.5, 0.6) is 5.75 Å². The summed E-state index contributed by atoms with van der Waals surface area (Å²) in [6.07, 6.45) is -9.43. The van der Waals surface area contributed by atoms with Gasteiger partial charge in [-0.2, -0.15) is 18.3 Å². The number of benzene rings is 2. The Labute approximate surface area is 174 Å². The van der Waals surface area contributed by atoms with Crippen LogP contribution in [0.15, 0.2) is 48.7 Å². The van der Waals surface area contributed by atoms with Gasteiger partial charge in [-0.05, 0) is 36.4 Å². The van der Waals surface area contributed by atoms with Crippen molar-refractivity contribution in [3.63, 3.8) is 0 Å². The van der Waals surface area contributed by atoms with Crippen molar-refractivity contribution in [3.8, 4) is 11.4 Å². The zero-order valence-corrected chi connectivity index (χ0v) is 15.6. The maximum absolute atomic E-state index is 13.6. The Kier molecular flexibility index (Phi) is 5.85. The fourth-order valence-corrected chi connectivity index (χ4v) is 2.79. The summed E-state index contributed by atoms with van der Waals surface area (Å²) in [6.45, 7) is 0. The SMILES string of the molecule is O=C(Nc1ccc(OC(F)(F)F)c(Cl)c1)c1cnn(-c2cccc(F)c2)c1C(F)(F)F. The first-order valence-electron chi connectivity index (χ1n) is 8.13. The van der Waals surface area contributed by atoms with Crippen LogP contribution in [0.4, 0.5) is 36.4 Å². The summed E-state index contributed by atoms with van der Waals surface area (Å²) in [5.74, 6) is -2.85. The van der Waals surface area contributed by atoms with Crippen LogP contribution < -0.4 is 10.1 Å². The molecule has 0 unspecified atom stereocenters. The number of aromatic nitrogens is 2. The average Bonchev–Trinajstić information content (AvgIpc) is 3.09. The molecule has 0 aliphatic rings. The first-order valence-corrected chi connectivity index (χ1v) is 8.51. The van der Waals surface area contributed by atoms with Crippen LogP contribution in [-0.4, -0.2) is 22.1 Å². The number of nitrogens with one attached hydrogen (secondary N) is 1. The summed E-state index contributed by atoms with van der Waals surface area (Å²) in [5, 5.41) is 5.08. The highest BCUT2D eigenvalue weighted by Crippen LogP contribution is 2.35. The topological polar surface area (TPSA) is 56.1 Å². The number of alkyl halides is 6. The van der Waals surface area contributed by atoms with E-state index in [4.69, 9.17) is 11.6 Å². The van der Waals surface area contributed by atoms with E-state index < -0.39 is 46.3 Å². The van der Waals surface area contributed by atoms with E-state index in [9.17, 15) is 35.5 Å². The second-order valence-electron chi connectivity index (χ2n) is 5.94. The number of anilines is 1. The predicted molar refractivity (Wildman–Crippen MR) is 94.6 cm³/mol. The van der Waals surface area contributed by atoms with Crippen LogP contribution in [-0.2, 0) is 6.18 Å². The molecule has 0 radical (unpaired) electrons. The number of carbonyl (C=O) groups excluding carboxylic acids is 1. The Morgan fingerprint density at radius 3 is 2.35 bits per heavy atom. The molecule has 164 valence electrons. The molecule has 1 aromatic heterocycles. The predicted octanol–water partition coefficient (Wildman–Crippen LogP) is 5.83. The van der Waals surface area contributed by atoms with E-state index in [1.807, 2.05) is 0 Å². The highest BCUT2D eigenvalue weighted by molar-refractivity contribution is 6.32. The van der Waals surface area contributed by atoms with E-state index in [1.54, 1.807) is 0 Å². The third kappa shape index (κ3) is 5.26. The van der Waals surface area contributed by atoms with Gasteiger partial charge < -0.3 is 10.1 Å². The number of carbonyl (C=O) groups is 1. The Bertz CT molecular complexity index is 1130. The van der Waals surface area contributed by atoms with Crippen molar-refractivity contribution in [2.75, 3.05) is 5.32 Å². The van der Waals surface area contributed by atoms with E-state index in [0.717, 1.165) is 36.4 Å². The van der Waals surface area contributed by atoms with Crippen molar-refractivity contribution in [2.24, 2.45) is 0 Å². The summed E-state index contributed by atoms with van der Waals surface area (Å²) in [4.78, 5) is 12.4. The van der Waals surface area contributed by atoms with Crippen molar-refractivity contribution < 1.29 is 40.3 Å². The summed E-state index contributed by atoms with van der Waals surface area (Å²) >= 11 is 5.66. The van der Waals surface area contributed by atoms with E-state index in [2.05, 4.69) is 15.2 Å². The first kappa shape index (κ1) is 22.4. The van der Waals surface area contributed by atoms with Crippen LogP contribution in [0.1, 0.15) is 16.1 Å². The van der Waals surface area contributed by atoms with Gasteiger partial charge in [0, 0.05) is 5.69 Å². The lowest BCUT2D eigenvalue weighted by Crippen LogP contribution is -2.21. The van der Waals surface area contributed by atoms with E-state index >= 15 is 0 Å². The lowest BCUT2D eigenvalue weighted by atomic mass is 10.2. The van der Waals surface area contributed by atoms with Crippen molar-refractivity contribution in [3.05, 3.63) is 70.8 Å². The molecule has 0 spiro atoms. The maximum Gasteiger partial charge on any atom is 0.573 e. The van der Waals surface area contributed by atoms with Gasteiger partial charge in [0.05, 0.1) is 22.5 Å². The first-order chi connectivity index (χ1) is 14.3. The molecular formula is C18H9ClF7N3O2. The third-order valence-corrected chi connectivity index (χ3v) is 4.05. The molecule has 2 aromatic carbocycles. The van der Waals surface area contributed by atoms with Crippen LogP contribution in [0.2, 0.25) is 5.02 Å². The molecule has 0 fully saturated rings. The molecule has 1 amide bonds. The monoisotopic (exact) mass is 467 g/mol. The fraction of sp³-hybridized carbons (Fsp3) is 0.111. The Balaban J connectivity index is 1.93. The molecule has 1 N–H and O–H groups in total. The molecule has 31 heavy (non-hydrogen) atoms. The minimum atomic E-state index is -5.04. The molecule has 0 saturated carbocycles. The summed E-state index contributed by atoms with van der Waals surface area (Å²) in [6, 6.07) is 6.74. The second-order valence-corrected chi connectivity index (χ2v) is 6.35. The van der Waals surface area contributed by atoms with Crippen molar-refractivity contribution >= 4 is 23.2 Å². The third-order valence-electron chi connectivity index (χ3n) is 3.75. The Morgan fingerprint density at radius 2 is 1.77 bits per heavy atom. The minimum Gasteiger partial charge on any atom is -0.404 e. The summed E-state index contributed by atoms with van der Waals surface area (Å²) in [5.41, 5.74) is -2.85. The normalized spacial score (nSPS) is 12.0. The van der Waals surface area contributed by atoms with Gasteiger partial charge >= 0.3 is 12.5 Å². The van der Waals surface area contributed by atoms with Crippen LogP contribution in [0.25, 0.3) is 5.69 Å². The Hall–Kier alpha value is -3.28. The standard InChI is InChI=1S/C18H9ClF7N3O2/c19-13-7-10(4-5-14(13)31-18(24,25)26)28-16(30)12-8-27-29(15(12)17(21,22)23)11-3-1-2-9(20)6-11/h1-8H,(H,28,30). The van der Waals surface area contributed by atoms with Gasteiger partial charge in [0.1, 0.15) is 11.6 Å². The largest absolute Gasteiger partial charge is 0.573 e. The van der Waals surface area contributed by atoms with Gasteiger partial charge in [0.25, 0.3) is 5.91 Å². The number of amides is 1. The number of ether oxygens (including phenoxy) is 1.